The van der Waals surface area contributed by atoms with Crippen LogP contribution in [0.4, 0.5) is 11.6 Å². The number of rotatable bonds is 8. The van der Waals surface area contributed by atoms with Crippen LogP contribution in [-0.4, -0.2) is 121 Å². The van der Waals surface area contributed by atoms with E-state index < -0.39 is 0 Å². The highest BCUT2D eigenvalue weighted by atomic mass is 16.5. The second-order valence-electron chi connectivity index (χ2n) is 8.59. The summed E-state index contributed by atoms with van der Waals surface area (Å²) in [6.07, 6.45) is 1.60. The molecule has 2 atom stereocenters. The van der Waals surface area contributed by atoms with Crippen molar-refractivity contribution >= 4 is 17.4 Å². The van der Waals surface area contributed by atoms with Gasteiger partial charge in [0.1, 0.15) is 18.0 Å². The predicted molar refractivity (Wildman–Crippen MR) is 121 cm³/mol. The fourth-order valence-corrected chi connectivity index (χ4v) is 4.66. The molecule has 2 aromatic heterocycles. The lowest BCUT2D eigenvalue weighted by Gasteiger charge is -2.42. The zero-order valence-electron chi connectivity index (χ0n) is 19.3. The quantitative estimate of drug-likeness (QED) is 0.591. The minimum absolute atomic E-state index is 0.448. The second kappa shape index (κ2) is 10.1. The molecule has 0 unspecified atom stereocenters. The van der Waals surface area contributed by atoms with E-state index in [9.17, 15) is 0 Å². The number of anilines is 2. The molecule has 0 bridgehead atoms. The third-order valence-corrected chi connectivity index (χ3v) is 6.56. The predicted octanol–water partition coefficient (Wildman–Crippen LogP) is 0.438. The molecule has 172 valence electrons. The van der Waals surface area contributed by atoms with Crippen molar-refractivity contribution in [3.05, 3.63) is 12.4 Å². The van der Waals surface area contributed by atoms with Gasteiger partial charge in [0.2, 0.25) is 0 Å². The van der Waals surface area contributed by atoms with E-state index in [1.807, 2.05) is 4.52 Å². The SMILES string of the molecule is COCCN1CCN(c2cc(N3CCN(CCOC)[C@@H](C)C3)nc3ncnn23)C[C@H]1C. The summed E-state index contributed by atoms with van der Waals surface area (Å²) in [4.78, 5) is 19.0. The monoisotopic (exact) mass is 432 g/mol. The van der Waals surface area contributed by atoms with Crippen molar-refractivity contribution in [2.45, 2.75) is 25.9 Å². The van der Waals surface area contributed by atoms with Crippen molar-refractivity contribution in [1.82, 2.24) is 29.4 Å². The average molecular weight is 433 g/mol. The summed E-state index contributed by atoms with van der Waals surface area (Å²) in [6.45, 7) is 13.9. The van der Waals surface area contributed by atoms with Gasteiger partial charge >= 0.3 is 0 Å². The van der Waals surface area contributed by atoms with Gasteiger partial charge < -0.3 is 19.3 Å². The van der Waals surface area contributed by atoms with Gasteiger partial charge in [-0.1, -0.05) is 0 Å². The Morgan fingerprint density at radius 1 is 0.903 bits per heavy atom. The number of aromatic nitrogens is 4. The molecule has 0 amide bonds. The van der Waals surface area contributed by atoms with E-state index in [-0.39, 0.29) is 0 Å². The second-order valence-corrected chi connectivity index (χ2v) is 8.59. The van der Waals surface area contributed by atoms with Crippen molar-refractivity contribution in [3.63, 3.8) is 0 Å². The van der Waals surface area contributed by atoms with Crippen molar-refractivity contribution < 1.29 is 9.47 Å². The Morgan fingerprint density at radius 3 is 2.13 bits per heavy atom. The number of piperazine rings is 2. The zero-order chi connectivity index (χ0) is 21.8. The summed E-state index contributed by atoms with van der Waals surface area (Å²) in [5.41, 5.74) is 0. The molecule has 10 nitrogen and oxygen atoms in total. The molecule has 10 heteroatoms. The molecule has 2 aromatic rings. The number of hydrogen-bond acceptors (Lipinski definition) is 9. The Balaban J connectivity index is 1.51. The molecule has 2 aliphatic heterocycles. The maximum absolute atomic E-state index is 5.27. The van der Waals surface area contributed by atoms with Crippen LogP contribution in [0.5, 0.6) is 0 Å². The normalized spacial score (nSPS) is 23.7. The van der Waals surface area contributed by atoms with Gasteiger partial charge in [-0.15, -0.1) is 0 Å². The molecule has 4 heterocycles. The Kier molecular flexibility index (Phi) is 7.21. The van der Waals surface area contributed by atoms with Crippen LogP contribution in [0, 0.1) is 0 Å². The van der Waals surface area contributed by atoms with E-state index in [4.69, 9.17) is 14.5 Å². The van der Waals surface area contributed by atoms with Gasteiger partial charge in [-0.3, -0.25) is 9.80 Å². The topological polar surface area (TPSA) is 74.5 Å². The molecule has 2 aliphatic rings. The third kappa shape index (κ3) is 4.92. The van der Waals surface area contributed by atoms with Crippen LogP contribution < -0.4 is 9.80 Å². The van der Waals surface area contributed by atoms with Crippen LogP contribution in [0.2, 0.25) is 0 Å². The van der Waals surface area contributed by atoms with Gasteiger partial charge in [0.25, 0.3) is 5.78 Å². The maximum Gasteiger partial charge on any atom is 0.256 e. The van der Waals surface area contributed by atoms with Crippen LogP contribution in [0.1, 0.15) is 13.8 Å². The Labute approximate surface area is 184 Å². The third-order valence-electron chi connectivity index (χ3n) is 6.56. The molecule has 0 aliphatic carbocycles. The lowest BCUT2D eigenvalue weighted by molar-refractivity contribution is 0.117. The standard InChI is InChI=1S/C21H36N8O2/c1-17-14-27(7-5-25(17)9-11-30-3)19-13-20(29-21(24-19)22-16-23-29)28-8-6-26(10-12-31-4)18(2)15-28/h13,16-18H,5-12,14-15H2,1-4H3/t17-,18+/m0/s1. The first-order valence-corrected chi connectivity index (χ1v) is 11.3. The molecule has 0 aromatic carbocycles. The number of methoxy groups -OCH3 is 2. The van der Waals surface area contributed by atoms with Gasteiger partial charge in [0, 0.05) is 84.7 Å². The molecule has 2 saturated heterocycles. The highest BCUT2D eigenvalue weighted by molar-refractivity contribution is 5.57. The Hall–Kier alpha value is -2.01. The number of hydrogen-bond donors (Lipinski definition) is 0. The molecular formula is C21H36N8O2. The van der Waals surface area contributed by atoms with E-state index in [0.29, 0.717) is 17.9 Å². The summed E-state index contributed by atoms with van der Waals surface area (Å²) in [6, 6.07) is 3.09. The van der Waals surface area contributed by atoms with E-state index in [1.54, 1.807) is 20.5 Å². The number of nitrogens with zero attached hydrogens (tertiary/aromatic N) is 8. The summed E-state index contributed by atoms with van der Waals surface area (Å²) < 4.78 is 12.4. The zero-order valence-corrected chi connectivity index (χ0v) is 19.3. The van der Waals surface area contributed by atoms with Gasteiger partial charge in [0.15, 0.2) is 0 Å². The molecule has 0 radical (unpaired) electrons. The van der Waals surface area contributed by atoms with Crippen LogP contribution in [0.15, 0.2) is 12.4 Å². The first-order valence-electron chi connectivity index (χ1n) is 11.3. The average Bonchev–Trinajstić information content (AvgIpc) is 3.25. The van der Waals surface area contributed by atoms with Crippen LogP contribution in [-0.2, 0) is 9.47 Å². The Morgan fingerprint density at radius 2 is 1.52 bits per heavy atom. The van der Waals surface area contributed by atoms with Gasteiger partial charge in [0.05, 0.1) is 13.2 Å². The number of fused-ring (bicyclic) bond motifs is 1. The smallest absolute Gasteiger partial charge is 0.256 e. The molecule has 0 N–H and O–H groups in total. The van der Waals surface area contributed by atoms with Crippen LogP contribution >= 0.6 is 0 Å². The first-order chi connectivity index (χ1) is 15.1. The van der Waals surface area contributed by atoms with Crippen molar-refractivity contribution in [3.8, 4) is 0 Å². The van der Waals surface area contributed by atoms with Gasteiger partial charge in [-0.25, -0.2) is 0 Å². The fraction of sp³-hybridized carbons (Fsp3) is 0.762. The highest BCUT2D eigenvalue weighted by Gasteiger charge is 2.28. The minimum atomic E-state index is 0.448. The first kappa shape index (κ1) is 22.2. The van der Waals surface area contributed by atoms with Gasteiger partial charge in [-0.05, 0) is 13.8 Å². The highest BCUT2D eigenvalue weighted by Crippen LogP contribution is 2.25. The van der Waals surface area contributed by atoms with Crippen molar-refractivity contribution in [2.75, 3.05) is 89.6 Å². The van der Waals surface area contributed by atoms with Crippen molar-refractivity contribution in [2.24, 2.45) is 0 Å². The summed E-state index contributed by atoms with van der Waals surface area (Å²) in [5, 5.41) is 4.46. The van der Waals surface area contributed by atoms with Crippen molar-refractivity contribution in [1.29, 1.82) is 0 Å². The maximum atomic E-state index is 5.27. The van der Waals surface area contributed by atoms with E-state index in [1.165, 1.54) is 0 Å². The number of ether oxygens (including phenoxy) is 2. The Bertz CT molecular complexity index is 846. The minimum Gasteiger partial charge on any atom is -0.383 e. The molecule has 31 heavy (non-hydrogen) atoms. The van der Waals surface area contributed by atoms with Crippen LogP contribution in [0.3, 0.4) is 0 Å². The molecule has 0 spiro atoms. The summed E-state index contributed by atoms with van der Waals surface area (Å²) in [5.74, 6) is 2.73. The summed E-state index contributed by atoms with van der Waals surface area (Å²) in [7, 11) is 3.53. The molecule has 4 rings (SSSR count). The molecule has 2 fully saturated rings. The van der Waals surface area contributed by atoms with E-state index >= 15 is 0 Å². The fourth-order valence-electron chi connectivity index (χ4n) is 4.66. The lowest BCUT2D eigenvalue weighted by Crippen LogP contribution is -2.54. The van der Waals surface area contributed by atoms with E-state index in [0.717, 1.165) is 77.2 Å². The van der Waals surface area contributed by atoms with Gasteiger partial charge in [-0.2, -0.15) is 19.6 Å². The van der Waals surface area contributed by atoms with Crippen LogP contribution in [0.25, 0.3) is 5.78 Å². The largest absolute Gasteiger partial charge is 0.383 e. The summed E-state index contributed by atoms with van der Waals surface area (Å²) >= 11 is 0. The molecular weight excluding hydrogens is 396 g/mol. The molecule has 0 saturated carbocycles. The lowest BCUT2D eigenvalue weighted by atomic mass is 10.1. The van der Waals surface area contributed by atoms with E-state index in [2.05, 4.69) is 49.6 Å².